The molecule has 25 heavy (non-hydrogen) atoms. The molecule has 1 atom stereocenters. The van der Waals surface area contributed by atoms with Crippen molar-refractivity contribution in [3.05, 3.63) is 28.6 Å². The van der Waals surface area contributed by atoms with E-state index < -0.39 is 11.5 Å². The first-order valence-corrected chi connectivity index (χ1v) is 8.93. The lowest BCUT2D eigenvalue weighted by molar-refractivity contribution is -0.120. The second-order valence-electron chi connectivity index (χ2n) is 6.52. The fourth-order valence-corrected chi connectivity index (χ4v) is 3.06. The third-order valence-electron chi connectivity index (χ3n) is 4.54. The van der Waals surface area contributed by atoms with Crippen molar-refractivity contribution in [1.82, 2.24) is 9.55 Å². The third kappa shape index (κ3) is 5.49. The molecule has 1 aliphatic carbocycles. The summed E-state index contributed by atoms with van der Waals surface area (Å²) in [6, 6.07) is 0. The number of hydrogen-bond donors (Lipinski definition) is 2. The highest BCUT2D eigenvalue weighted by Crippen LogP contribution is 2.24. The van der Waals surface area contributed by atoms with Gasteiger partial charge in [0.1, 0.15) is 0 Å². The molecule has 2 N–H and O–H groups in total. The third-order valence-corrected chi connectivity index (χ3v) is 4.54. The summed E-state index contributed by atoms with van der Waals surface area (Å²) in [6.07, 6.45) is 10.4. The maximum absolute atomic E-state index is 14.2. The molecule has 1 unspecified atom stereocenters. The van der Waals surface area contributed by atoms with Crippen LogP contribution in [0.4, 0.5) is 10.2 Å². The summed E-state index contributed by atoms with van der Waals surface area (Å²) in [5.41, 5.74) is -0.676. The largest absolute Gasteiger partial charge is 0.396 e. The molecule has 0 radical (unpaired) electrons. The summed E-state index contributed by atoms with van der Waals surface area (Å²) in [7, 11) is 0. The summed E-state index contributed by atoms with van der Waals surface area (Å²) in [6.45, 7) is 1.96. The number of rotatable bonds is 7. The van der Waals surface area contributed by atoms with E-state index in [1.165, 1.54) is 6.20 Å². The highest BCUT2D eigenvalue weighted by Gasteiger charge is 2.22. The maximum Gasteiger partial charge on any atom is 0.353 e. The molecule has 0 saturated heterocycles. The Morgan fingerprint density at radius 3 is 2.84 bits per heavy atom. The molecule has 0 bridgehead atoms. The van der Waals surface area contributed by atoms with E-state index in [1.54, 1.807) is 6.08 Å². The van der Waals surface area contributed by atoms with E-state index in [2.05, 4.69) is 10.3 Å². The molecule has 1 fully saturated rings. The Balaban J connectivity index is 2.09. The number of amides is 1. The van der Waals surface area contributed by atoms with Gasteiger partial charge in [-0.3, -0.25) is 9.36 Å². The molecular weight excluding hydrogens is 325 g/mol. The second-order valence-corrected chi connectivity index (χ2v) is 6.52. The van der Waals surface area contributed by atoms with Crippen molar-refractivity contribution in [1.29, 1.82) is 0 Å². The van der Waals surface area contributed by atoms with E-state index in [9.17, 15) is 19.1 Å². The predicted octanol–water partition coefficient (Wildman–Crippen LogP) is 2.78. The van der Waals surface area contributed by atoms with Gasteiger partial charge in [0.15, 0.2) is 11.6 Å². The van der Waals surface area contributed by atoms with Crippen LogP contribution in [0.1, 0.15) is 51.9 Å². The number of carbonyl (C=O) groups excluding carboxylic acids is 1. The minimum absolute atomic E-state index is 0.0372. The summed E-state index contributed by atoms with van der Waals surface area (Å²) >= 11 is 0. The summed E-state index contributed by atoms with van der Waals surface area (Å²) in [4.78, 5) is 27.8. The monoisotopic (exact) mass is 351 g/mol. The average Bonchev–Trinajstić information content (AvgIpc) is 2.62. The number of nitrogens with one attached hydrogen (secondary N) is 1. The van der Waals surface area contributed by atoms with Gasteiger partial charge < -0.3 is 10.4 Å². The summed E-state index contributed by atoms with van der Waals surface area (Å²) in [5.74, 6) is -1.59. The molecule has 1 aromatic rings. The zero-order valence-electron chi connectivity index (χ0n) is 14.6. The first kappa shape index (κ1) is 19.3. The minimum atomic E-state index is -0.760. The van der Waals surface area contributed by atoms with E-state index in [4.69, 9.17) is 0 Å². The van der Waals surface area contributed by atoms with Gasteiger partial charge in [-0.2, -0.15) is 4.98 Å². The Morgan fingerprint density at radius 1 is 1.48 bits per heavy atom. The van der Waals surface area contributed by atoms with E-state index >= 15 is 0 Å². The Hall–Kier alpha value is -2.02. The van der Waals surface area contributed by atoms with E-state index in [0.29, 0.717) is 0 Å². The van der Waals surface area contributed by atoms with Crippen LogP contribution in [0.3, 0.4) is 0 Å². The number of aromatic nitrogens is 2. The highest BCUT2D eigenvalue weighted by molar-refractivity contribution is 5.91. The van der Waals surface area contributed by atoms with Gasteiger partial charge in [-0.25, -0.2) is 9.18 Å². The number of aliphatic hydroxyl groups excluding tert-OH is 1. The number of anilines is 1. The van der Waals surface area contributed by atoms with Crippen LogP contribution in [0.15, 0.2) is 17.1 Å². The van der Waals surface area contributed by atoms with Crippen LogP contribution >= 0.6 is 0 Å². The Morgan fingerprint density at radius 2 is 2.20 bits per heavy atom. The van der Waals surface area contributed by atoms with E-state index in [1.807, 2.05) is 6.92 Å². The van der Waals surface area contributed by atoms with Crippen molar-refractivity contribution in [2.45, 2.75) is 51.9 Å². The van der Waals surface area contributed by atoms with Crippen molar-refractivity contribution < 1.29 is 14.3 Å². The molecule has 2 rings (SSSR count). The van der Waals surface area contributed by atoms with Crippen LogP contribution < -0.4 is 11.0 Å². The Bertz CT molecular complexity index is 666. The molecule has 1 amide bonds. The molecule has 1 aromatic heterocycles. The van der Waals surface area contributed by atoms with Crippen molar-refractivity contribution in [2.75, 3.05) is 11.9 Å². The molecule has 7 heteroatoms. The van der Waals surface area contributed by atoms with Crippen LogP contribution in [0.25, 0.3) is 6.20 Å². The first-order valence-electron chi connectivity index (χ1n) is 8.93. The number of nitrogens with zero attached hydrogens (tertiary/aromatic N) is 2. The topological polar surface area (TPSA) is 84.2 Å². The molecule has 1 heterocycles. The Labute approximate surface area is 146 Å². The predicted molar refractivity (Wildman–Crippen MR) is 94.5 cm³/mol. The minimum Gasteiger partial charge on any atom is -0.396 e. The van der Waals surface area contributed by atoms with E-state index in [-0.39, 0.29) is 30.2 Å². The number of aliphatic hydroxyl groups is 1. The fraction of sp³-hybridized carbons (Fsp3) is 0.611. The van der Waals surface area contributed by atoms with Gasteiger partial charge in [0.25, 0.3) is 0 Å². The van der Waals surface area contributed by atoms with Gasteiger partial charge in [0, 0.05) is 24.6 Å². The van der Waals surface area contributed by atoms with Crippen LogP contribution in [-0.2, 0) is 4.79 Å². The quantitative estimate of drug-likeness (QED) is 0.791. The van der Waals surface area contributed by atoms with Crippen molar-refractivity contribution in [3.63, 3.8) is 0 Å². The average molecular weight is 351 g/mol. The lowest BCUT2D eigenvalue weighted by atomic mass is 9.89. The zero-order chi connectivity index (χ0) is 18.2. The van der Waals surface area contributed by atoms with Crippen LogP contribution in [-0.4, -0.2) is 27.2 Å². The molecule has 1 aliphatic rings. The second kappa shape index (κ2) is 9.46. The molecular formula is C18H26FN3O3. The number of halogens is 1. The van der Waals surface area contributed by atoms with Gasteiger partial charge in [0.2, 0.25) is 5.91 Å². The smallest absolute Gasteiger partial charge is 0.353 e. The lowest BCUT2D eigenvalue weighted by Crippen LogP contribution is -2.28. The van der Waals surface area contributed by atoms with Gasteiger partial charge >= 0.3 is 5.69 Å². The van der Waals surface area contributed by atoms with Gasteiger partial charge in [-0.05, 0) is 19.3 Å². The Kier molecular flexibility index (Phi) is 7.31. The molecule has 0 spiro atoms. The summed E-state index contributed by atoms with van der Waals surface area (Å²) < 4.78 is 15.2. The maximum atomic E-state index is 14.2. The van der Waals surface area contributed by atoms with Gasteiger partial charge in [-0.15, -0.1) is 0 Å². The number of carbonyl (C=O) groups is 1. The SMILES string of the molecule is CCCC(/C=C\n1cc(F)c(NC(=O)C2CCCCC2)nc1=O)CO. The van der Waals surface area contributed by atoms with Crippen LogP contribution in [0.2, 0.25) is 0 Å². The zero-order valence-corrected chi connectivity index (χ0v) is 14.6. The van der Waals surface area contributed by atoms with Gasteiger partial charge in [0.05, 0.1) is 6.20 Å². The molecule has 6 nitrogen and oxygen atoms in total. The standard InChI is InChI=1S/C18H26FN3O3/c1-2-6-13(12-23)9-10-22-11-15(19)16(21-18(22)25)20-17(24)14-7-4-3-5-8-14/h9-11,13-14,23H,2-8,12H2,1H3,(H,20,21,24,25)/b10-9-. The first-order chi connectivity index (χ1) is 12.0. The molecule has 0 aliphatic heterocycles. The van der Waals surface area contributed by atoms with E-state index in [0.717, 1.165) is 55.7 Å². The normalized spacial score (nSPS) is 16.9. The summed E-state index contributed by atoms with van der Waals surface area (Å²) in [5, 5.41) is 11.7. The lowest BCUT2D eigenvalue weighted by Gasteiger charge is -2.20. The highest BCUT2D eigenvalue weighted by atomic mass is 19.1. The molecule has 1 saturated carbocycles. The fourth-order valence-electron chi connectivity index (χ4n) is 3.06. The molecule has 138 valence electrons. The van der Waals surface area contributed by atoms with Gasteiger partial charge in [-0.1, -0.05) is 38.7 Å². The number of hydrogen-bond acceptors (Lipinski definition) is 4. The van der Waals surface area contributed by atoms with Crippen LogP contribution in [0.5, 0.6) is 0 Å². The van der Waals surface area contributed by atoms with Crippen molar-refractivity contribution in [3.8, 4) is 0 Å². The molecule has 0 aromatic carbocycles. The van der Waals surface area contributed by atoms with Crippen molar-refractivity contribution >= 4 is 17.9 Å². The van der Waals surface area contributed by atoms with Crippen molar-refractivity contribution in [2.24, 2.45) is 11.8 Å². The van der Waals surface area contributed by atoms with Crippen LogP contribution in [0, 0.1) is 17.7 Å².